The van der Waals surface area contributed by atoms with Gasteiger partial charge < -0.3 is 10.3 Å². The number of ketones is 2. The first-order valence-electron chi connectivity index (χ1n) is 9.40. The molecule has 0 amide bonds. The summed E-state index contributed by atoms with van der Waals surface area (Å²) in [6.45, 7) is 3.78. The molecule has 2 aromatic heterocycles. The summed E-state index contributed by atoms with van der Waals surface area (Å²) in [5.41, 5.74) is 4.04. The molecule has 0 spiro atoms. The fraction of sp³-hybridized carbons (Fsp3) is 0.130. The van der Waals surface area contributed by atoms with E-state index in [0.717, 1.165) is 11.3 Å². The predicted molar refractivity (Wildman–Crippen MR) is 113 cm³/mol. The van der Waals surface area contributed by atoms with Gasteiger partial charge in [-0.15, -0.1) is 0 Å². The van der Waals surface area contributed by atoms with Gasteiger partial charge in [-0.25, -0.2) is 9.97 Å². The molecule has 0 aliphatic heterocycles. The molecule has 0 unspecified atom stereocenters. The Kier molecular flexibility index (Phi) is 4.91. The average Bonchev–Trinajstić information content (AvgIpc) is 3.18. The molecule has 4 rings (SSSR count). The van der Waals surface area contributed by atoms with Gasteiger partial charge in [0.05, 0.1) is 10.9 Å². The number of carbonyl (C=O) groups excluding carboxylic acids is 2. The highest BCUT2D eigenvalue weighted by molar-refractivity contribution is 6.18. The first kappa shape index (κ1) is 18.6. The van der Waals surface area contributed by atoms with E-state index in [1.165, 1.54) is 6.33 Å². The minimum absolute atomic E-state index is 0.0680. The van der Waals surface area contributed by atoms with Crippen LogP contribution >= 0.6 is 0 Å². The highest BCUT2D eigenvalue weighted by Crippen LogP contribution is 2.28. The second-order valence-electron chi connectivity index (χ2n) is 6.83. The highest BCUT2D eigenvalue weighted by Gasteiger charge is 2.19. The van der Waals surface area contributed by atoms with Crippen LogP contribution in [0.1, 0.15) is 45.2 Å². The molecule has 0 bridgehead atoms. The van der Waals surface area contributed by atoms with Gasteiger partial charge in [0, 0.05) is 29.4 Å². The minimum Gasteiger partial charge on any atom is -0.345 e. The quantitative estimate of drug-likeness (QED) is 0.465. The lowest BCUT2D eigenvalue weighted by molar-refractivity contribution is 0.0987. The van der Waals surface area contributed by atoms with E-state index in [1.54, 1.807) is 24.4 Å². The number of fused-ring (bicyclic) bond motifs is 1. The lowest BCUT2D eigenvalue weighted by atomic mass is 10.0. The number of carbonyl (C=O) groups is 2. The summed E-state index contributed by atoms with van der Waals surface area (Å²) in [4.78, 5) is 36.8. The van der Waals surface area contributed by atoms with Crippen molar-refractivity contribution < 1.29 is 9.59 Å². The number of Topliss-reactive ketones (excluding diaryl/α,β-unsaturated/α-hetero) is 1. The van der Waals surface area contributed by atoms with Gasteiger partial charge >= 0.3 is 0 Å². The van der Waals surface area contributed by atoms with Gasteiger partial charge in [0.25, 0.3) is 0 Å². The summed E-state index contributed by atoms with van der Waals surface area (Å²) in [5, 5.41) is 3.85. The van der Waals surface area contributed by atoms with Crippen molar-refractivity contribution in [3.05, 3.63) is 83.3 Å². The maximum Gasteiger partial charge on any atom is 0.195 e. The zero-order chi connectivity index (χ0) is 20.4. The summed E-state index contributed by atoms with van der Waals surface area (Å²) < 4.78 is 0. The number of nitrogens with zero attached hydrogens (tertiary/aromatic N) is 2. The van der Waals surface area contributed by atoms with Crippen molar-refractivity contribution >= 4 is 34.1 Å². The third-order valence-corrected chi connectivity index (χ3v) is 4.76. The number of benzene rings is 2. The molecule has 2 heterocycles. The number of H-pyrrole nitrogens is 1. The Balaban J connectivity index is 1.76. The van der Waals surface area contributed by atoms with Crippen molar-refractivity contribution in [3.8, 4) is 0 Å². The topological polar surface area (TPSA) is 87.7 Å². The molecule has 6 nitrogen and oxygen atoms in total. The Morgan fingerprint density at radius 2 is 1.83 bits per heavy atom. The first-order chi connectivity index (χ1) is 14.1. The van der Waals surface area contributed by atoms with Gasteiger partial charge in [-0.3, -0.25) is 9.59 Å². The zero-order valence-corrected chi connectivity index (χ0v) is 16.2. The molecule has 0 saturated heterocycles. The third kappa shape index (κ3) is 3.65. The monoisotopic (exact) mass is 384 g/mol. The standard InChI is InChI=1S/C23H20N4O2/c1-3-19(28)15-7-5-9-17(11-15)27-23-20-18(12-24-22(20)25-13-26-23)21(29)16-8-4-6-14(2)10-16/h4-13H,3H2,1-2H3,(H2,24,25,26,27). The molecular weight excluding hydrogens is 364 g/mol. The van der Waals surface area contributed by atoms with E-state index in [4.69, 9.17) is 0 Å². The van der Waals surface area contributed by atoms with Gasteiger partial charge in [-0.1, -0.05) is 42.8 Å². The number of hydrogen-bond acceptors (Lipinski definition) is 5. The van der Waals surface area contributed by atoms with E-state index in [0.29, 0.717) is 40.0 Å². The zero-order valence-electron chi connectivity index (χ0n) is 16.2. The van der Waals surface area contributed by atoms with E-state index < -0.39 is 0 Å². The number of anilines is 2. The lowest BCUT2D eigenvalue weighted by Crippen LogP contribution is -2.03. The van der Waals surface area contributed by atoms with Crippen molar-refractivity contribution in [2.45, 2.75) is 20.3 Å². The Labute approximate surface area is 168 Å². The van der Waals surface area contributed by atoms with Crippen molar-refractivity contribution in [1.82, 2.24) is 15.0 Å². The molecule has 2 N–H and O–H groups in total. The molecule has 0 saturated carbocycles. The second-order valence-corrected chi connectivity index (χ2v) is 6.83. The van der Waals surface area contributed by atoms with Crippen LogP contribution in [0.25, 0.3) is 11.0 Å². The third-order valence-electron chi connectivity index (χ3n) is 4.76. The normalized spacial score (nSPS) is 10.8. The van der Waals surface area contributed by atoms with Crippen LogP contribution in [0.5, 0.6) is 0 Å². The van der Waals surface area contributed by atoms with Crippen LogP contribution in [-0.2, 0) is 0 Å². The molecule has 6 heteroatoms. The van der Waals surface area contributed by atoms with Gasteiger partial charge in [0.15, 0.2) is 11.6 Å². The van der Waals surface area contributed by atoms with Gasteiger partial charge in [-0.05, 0) is 25.1 Å². The minimum atomic E-state index is -0.104. The molecule has 29 heavy (non-hydrogen) atoms. The second kappa shape index (κ2) is 7.67. The molecule has 0 aliphatic rings. The number of nitrogens with one attached hydrogen (secondary N) is 2. The molecule has 144 valence electrons. The predicted octanol–water partition coefficient (Wildman–Crippen LogP) is 4.83. The maximum absolute atomic E-state index is 13.1. The Morgan fingerprint density at radius 3 is 2.62 bits per heavy atom. The van der Waals surface area contributed by atoms with E-state index in [-0.39, 0.29) is 11.6 Å². The van der Waals surface area contributed by atoms with E-state index in [1.807, 2.05) is 44.2 Å². The largest absolute Gasteiger partial charge is 0.345 e. The summed E-state index contributed by atoms with van der Waals surface area (Å²) in [6, 6.07) is 14.7. The van der Waals surface area contributed by atoms with E-state index in [2.05, 4.69) is 20.3 Å². The van der Waals surface area contributed by atoms with Crippen molar-refractivity contribution in [2.75, 3.05) is 5.32 Å². The van der Waals surface area contributed by atoms with Crippen molar-refractivity contribution in [2.24, 2.45) is 0 Å². The summed E-state index contributed by atoms with van der Waals surface area (Å²) in [7, 11) is 0. The van der Waals surface area contributed by atoms with Crippen LogP contribution in [0.2, 0.25) is 0 Å². The van der Waals surface area contributed by atoms with Crippen LogP contribution in [0.3, 0.4) is 0 Å². The summed E-state index contributed by atoms with van der Waals surface area (Å²) >= 11 is 0. The Bertz CT molecular complexity index is 1230. The molecule has 0 fully saturated rings. The highest BCUT2D eigenvalue weighted by atomic mass is 16.1. The SMILES string of the molecule is CCC(=O)c1cccc(Nc2ncnc3[nH]cc(C(=O)c4cccc(C)c4)c23)c1. The smallest absolute Gasteiger partial charge is 0.195 e. The summed E-state index contributed by atoms with van der Waals surface area (Å²) in [6.07, 6.45) is 3.53. The number of rotatable bonds is 6. The van der Waals surface area contributed by atoms with Crippen LogP contribution in [0.15, 0.2) is 61.1 Å². The van der Waals surface area contributed by atoms with E-state index in [9.17, 15) is 9.59 Å². The van der Waals surface area contributed by atoms with Gasteiger partial charge in [-0.2, -0.15) is 0 Å². The molecule has 0 radical (unpaired) electrons. The van der Waals surface area contributed by atoms with Gasteiger partial charge in [0.1, 0.15) is 17.8 Å². The Morgan fingerprint density at radius 1 is 1.03 bits per heavy atom. The molecule has 0 aliphatic carbocycles. The van der Waals surface area contributed by atoms with Gasteiger partial charge in [0.2, 0.25) is 0 Å². The van der Waals surface area contributed by atoms with Crippen molar-refractivity contribution in [3.63, 3.8) is 0 Å². The fourth-order valence-electron chi connectivity index (χ4n) is 3.29. The Hall–Kier alpha value is -3.80. The lowest BCUT2D eigenvalue weighted by Gasteiger charge is -2.09. The molecule has 4 aromatic rings. The molecular formula is C23H20N4O2. The average molecular weight is 384 g/mol. The molecule has 0 atom stereocenters. The first-order valence-corrected chi connectivity index (χ1v) is 9.40. The maximum atomic E-state index is 13.1. The number of hydrogen-bond donors (Lipinski definition) is 2. The molecule has 2 aromatic carbocycles. The van der Waals surface area contributed by atoms with Crippen LogP contribution in [0.4, 0.5) is 11.5 Å². The number of aromatic amines is 1. The van der Waals surface area contributed by atoms with Crippen LogP contribution in [0, 0.1) is 6.92 Å². The van der Waals surface area contributed by atoms with Crippen molar-refractivity contribution in [1.29, 1.82) is 0 Å². The summed E-state index contributed by atoms with van der Waals surface area (Å²) in [5.74, 6) is 0.472. The van der Waals surface area contributed by atoms with Crippen LogP contribution in [-0.4, -0.2) is 26.5 Å². The fourth-order valence-corrected chi connectivity index (χ4v) is 3.29. The number of aryl methyl sites for hydroxylation is 1. The van der Waals surface area contributed by atoms with Crippen LogP contribution < -0.4 is 5.32 Å². The van der Waals surface area contributed by atoms with E-state index >= 15 is 0 Å². The number of aromatic nitrogens is 3.